The van der Waals surface area contributed by atoms with E-state index >= 15 is 0 Å². The largest absolute Gasteiger partial charge is 0.526 e. The molecule has 10 heteroatoms. The average molecular weight is 325 g/mol. The molecule has 1 amide bonds. The van der Waals surface area contributed by atoms with Gasteiger partial charge in [0.1, 0.15) is 6.04 Å². The molecular weight excluding hydrogens is 305 g/mol. The van der Waals surface area contributed by atoms with Crippen LogP contribution in [0.15, 0.2) is 0 Å². The monoisotopic (exact) mass is 325 g/mol. The van der Waals surface area contributed by atoms with E-state index in [0.29, 0.717) is 6.42 Å². The van der Waals surface area contributed by atoms with Gasteiger partial charge in [-0.05, 0) is 12.8 Å². The minimum Gasteiger partial charge on any atom is -0.480 e. The molecular formula is C11H20NO8P. The maximum Gasteiger partial charge on any atom is 0.526 e. The van der Waals surface area contributed by atoms with Gasteiger partial charge in [-0.2, -0.15) is 0 Å². The van der Waals surface area contributed by atoms with Crippen LogP contribution in [-0.4, -0.2) is 38.8 Å². The summed E-state index contributed by atoms with van der Waals surface area (Å²) in [5, 5.41) is 11.2. The molecule has 0 aromatic carbocycles. The van der Waals surface area contributed by atoms with Crippen LogP contribution in [0, 0.1) is 0 Å². The van der Waals surface area contributed by atoms with E-state index in [1.54, 1.807) is 0 Å². The molecule has 0 rings (SSSR count). The van der Waals surface area contributed by atoms with Gasteiger partial charge >= 0.3 is 19.8 Å². The number of carboxylic acid groups (broad SMARTS) is 1. The van der Waals surface area contributed by atoms with Crippen molar-refractivity contribution in [1.29, 1.82) is 0 Å². The van der Waals surface area contributed by atoms with Crippen molar-refractivity contribution >= 4 is 25.7 Å². The number of phosphoric acid groups is 1. The van der Waals surface area contributed by atoms with E-state index in [2.05, 4.69) is 9.84 Å². The molecule has 0 aliphatic heterocycles. The van der Waals surface area contributed by atoms with E-state index in [9.17, 15) is 18.9 Å². The lowest BCUT2D eigenvalue weighted by atomic mass is 10.1. The van der Waals surface area contributed by atoms with Crippen LogP contribution in [0.2, 0.25) is 0 Å². The number of phosphoric ester groups is 1. The fourth-order valence-electron chi connectivity index (χ4n) is 1.50. The van der Waals surface area contributed by atoms with Crippen LogP contribution in [0.25, 0.3) is 0 Å². The molecule has 4 N–H and O–H groups in total. The van der Waals surface area contributed by atoms with E-state index in [0.717, 1.165) is 12.8 Å². The van der Waals surface area contributed by atoms with E-state index < -0.39 is 38.1 Å². The number of carboxylic acids is 1. The summed E-state index contributed by atoms with van der Waals surface area (Å²) in [6, 6.07) is -1.30. The quantitative estimate of drug-likeness (QED) is 0.336. The first-order valence-electron chi connectivity index (χ1n) is 6.46. The standard InChI is InChI=1S/C11H20NO8P/c1-2-3-4-5-9(13)12-8(11(15)16)6-7-10(14)20-21(17,18)19/h8H,2-7H2,1H3,(H,12,13)(H,15,16)(H2,17,18,19). The number of carbonyl (C=O) groups is 3. The Morgan fingerprint density at radius 2 is 1.81 bits per heavy atom. The molecule has 21 heavy (non-hydrogen) atoms. The van der Waals surface area contributed by atoms with Gasteiger partial charge in [-0.3, -0.25) is 19.4 Å². The highest BCUT2D eigenvalue weighted by Crippen LogP contribution is 2.36. The van der Waals surface area contributed by atoms with Crippen LogP contribution >= 0.6 is 7.82 Å². The van der Waals surface area contributed by atoms with Gasteiger partial charge in [-0.25, -0.2) is 9.36 Å². The molecule has 0 heterocycles. The summed E-state index contributed by atoms with van der Waals surface area (Å²) in [7, 11) is -4.94. The summed E-state index contributed by atoms with van der Waals surface area (Å²) in [4.78, 5) is 50.3. The van der Waals surface area contributed by atoms with Crippen LogP contribution < -0.4 is 5.32 Å². The molecule has 1 atom stereocenters. The van der Waals surface area contributed by atoms with Crippen molar-refractivity contribution < 1.29 is 38.4 Å². The number of amides is 1. The molecule has 122 valence electrons. The minimum absolute atomic E-state index is 0.185. The Balaban J connectivity index is 4.25. The number of unbranched alkanes of at least 4 members (excludes halogenated alkanes) is 2. The van der Waals surface area contributed by atoms with Crippen LogP contribution in [0.4, 0.5) is 0 Å². The molecule has 0 fully saturated rings. The third-order valence-corrected chi connectivity index (χ3v) is 2.94. The first-order valence-corrected chi connectivity index (χ1v) is 7.99. The van der Waals surface area contributed by atoms with Crippen LogP contribution in [0.5, 0.6) is 0 Å². The first-order chi connectivity index (χ1) is 9.65. The van der Waals surface area contributed by atoms with Crippen LogP contribution in [0.3, 0.4) is 0 Å². The zero-order valence-corrected chi connectivity index (χ0v) is 12.5. The van der Waals surface area contributed by atoms with Crippen LogP contribution in [0.1, 0.15) is 45.4 Å². The SMILES string of the molecule is CCCCCC(=O)NC(CCC(=O)OP(=O)(O)O)C(=O)O. The third kappa shape index (κ3) is 10.9. The Kier molecular flexibility index (Phi) is 8.84. The van der Waals surface area contributed by atoms with Gasteiger partial charge in [0.15, 0.2) is 0 Å². The number of hydrogen-bond acceptors (Lipinski definition) is 5. The van der Waals surface area contributed by atoms with Gasteiger partial charge in [0.25, 0.3) is 0 Å². The normalized spacial score (nSPS) is 12.5. The molecule has 0 saturated carbocycles. The van der Waals surface area contributed by atoms with E-state index in [4.69, 9.17) is 14.9 Å². The van der Waals surface area contributed by atoms with Crippen molar-refractivity contribution in [3.05, 3.63) is 0 Å². The first kappa shape index (κ1) is 19.6. The van der Waals surface area contributed by atoms with Gasteiger partial charge < -0.3 is 14.9 Å². The Hall–Kier alpha value is -1.44. The van der Waals surface area contributed by atoms with Crippen molar-refractivity contribution in [1.82, 2.24) is 5.32 Å². The summed E-state index contributed by atoms with van der Waals surface area (Å²) >= 11 is 0. The second kappa shape index (κ2) is 9.49. The summed E-state index contributed by atoms with van der Waals surface area (Å²) in [5.74, 6) is -3.00. The molecule has 0 saturated heterocycles. The summed E-state index contributed by atoms with van der Waals surface area (Å²) in [6.45, 7) is 1.96. The number of aliphatic carboxylic acids is 1. The minimum atomic E-state index is -4.94. The van der Waals surface area contributed by atoms with Crippen LogP contribution in [-0.2, 0) is 23.5 Å². The highest BCUT2D eigenvalue weighted by Gasteiger charge is 2.24. The topological polar surface area (TPSA) is 150 Å². The molecule has 0 spiro atoms. The van der Waals surface area contributed by atoms with Gasteiger partial charge in [-0.1, -0.05) is 19.8 Å². The molecule has 0 bridgehead atoms. The Bertz CT molecular complexity index is 418. The lowest BCUT2D eigenvalue weighted by molar-refractivity contribution is -0.142. The average Bonchev–Trinajstić information content (AvgIpc) is 2.32. The highest BCUT2D eigenvalue weighted by molar-refractivity contribution is 7.46. The molecule has 0 aromatic heterocycles. The van der Waals surface area contributed by atoms with Crippen molar-refractivity contribution in [2.45, 2.75) is 51.5 Å². The lowest BCUT2D eigenvalue weighted by Gasteiger charge is -2.14. The number of hydrogen-bond donors (Lipinski definition) is 4. The fraction of sp³-hybridized carbons (Fsp3) is 0.727. The zero-order valence-electron chi connectivity index (χ0n) is 11.7. The second-order valence-corrected chi connectivity index (χ2v) is 5.57. The zero-order chi connectivity index (χ0) is 16.5. The van der Waals surface area contributed by atoms with Crippen molar-refractivity contribution in [2.75, 3.05) is 0 Å². The molecule has 0 aliphatic carbocycles. The molecule has 0 aromatic rings. The number of rotatable bonds is 10. The molecule has 0 radical (unpaired) electrons. The summed E-state index contributed by atoms with van der Waals surface area (Å²) in [6.07, 6.45) is 1.74. The van der Waals surface area contributed by atoms with Gasteiger partial charge in [-0.15, -0.1) is 0 Å². The highest BCUT2D eigenvalue weighted by atomic mass is 31.2. The van der Waals surface area contributed by atoms with E-state index in [1.165, 1.54) is 0 Å². The smallest absolute Gasteiger partial charge is 0.480 e. The summed E-state index contributed by atoms with van der Waals surface area (Å²) < 4.78 is 14.2. The molecule has 1 unspecified atom stereocenters. The fourth-order valence-corrected chi connectivity index (χ4v) is 1.86. The van der Waals surface area contributed by atoms with Crippen molar-refractivity contribution in [3.8, 4) is 0 Å². The predicted molar refractivity (Wildman–Crippen MR) is 71.1 cm³/mol. The van der Waals surface area contributed by atoms with Crippen molar-refractivity contribution in [3.63, 3.8) is 0 Å². The Morgan fingerprint density at radius 1 is 1.19 bits per heavy atom. The third-order valence-electron chi connectivity index (χ3n) is 2.50. The number of nitrogens with one attached hydrogen (secondary N) is 1. The van der Waals surface area contributed by atoms with Gasteiger partial charge in [0.05, 0.1) is 0 Å². The van der Waals surface area contributed by atoms with Gasteiger partial charge in [0.2, 0.25) is 5.91 Å². The molecule has 0 aliphatic rings. The van der Waals surface area contributed by atoms with Crippen molar-refractivity contribution in [2.24, 2.45) is 0 Å². The predicted octanol–water partition coefficient (Wildman–Crippen LogP) is 0.552. The maximum absolute atomic E-state index is 11.5. The Labute approximate surface area is 121 Å². The lowest BCUT2D eigenvalue weighted by Crippen LogP contribution is -2.41. The van der Waals surface area contributed by atoms with E-state index in [1.807, 2.05) is 6.92 Å². The second-order valence-electron chi connectivity index (χ2n) is 4.41. The summed E-state index contributed by atoms with van der Waals surface area (Å²) in [5.41, 5.74) is 0. The Morgan fingerprint density at radius 3 is 2.29 bits per heavy atom. The van der Waals surface area contributed by atoms with E-state index in [-0.39, 0.29) is 12.8 Å². The maximum atomic E-state index is 11.5. The molecule has 9 nitrogen and oxygen atoms in total. The van der Waals surface area contributed by atoms with Gasteiger partial charge in [0, 0.05) is 12.8 Å². The number of carbonyl (C=O) groups excluding carboxylic acids is 2.